The van der Waals surface area contributed by atoms with Crippen molar-refractivity contribution in [2.45, 2.75) is 13.8 Å². The number of piperazine rings is 1. The molecule has 0 unspecified atom stereocenters. The molecule has 31 heavy (non-hydrogen) atoms. The minimum absolute atomic E-state index is 0.136. The van der Waals surface area contributed by atoms with E-state index < -0.39 is 0 Å². The summed E-state index contributed by atoms with van der Waals surface area (Å²) in [6, 6.07) is 12.0. The van der Waals surface area contributed by atoms with Gasteiger partial charge in [-0.1, -0.05) is 23.4 Å². The Morgan fingerprint density at radius 2 is 1.84 bits per heavy atom. The quantitative estimate of drug-likeness (QED) is 0.510. The first-order chi connectivity index (χ1) is 15.0. The van der Waals surface area contributed by atoms with Crippen molar-refractivity contribution < 1.29 is 9.32 Å². The molecule has 0 atom stereocenters. The molecule has 0 N–H and O–H groups in total. The van der Waals surface area contributed by atoms with Crippen molar-refractivity contribution in [3.05, 3.63) is 59.6 Å². The Morgan fingerprint density at radius 3 is 2.58 bits per heavy atom. The van der Waals surface area contributed by atoms with Crippen molar-refractivity contribution >= 4 is 22.6 Å². The molecule has 1 fully saturated rings. The number of aromatic nitrogens is 4. The number of hydrogen-bond acceptors (Lipinski definition) is 6. The van der Waals surface area contributed by atoms with Gasteiger partial charge in [-0.15, -0.1) is 0 Å². The van der Waals surface area contributed by atoms with Crippen molar-refractivity contribution in [3.8, 4) is 11.3 Å². The van der Waals surface area contributed by atoms with E-state index in [1.54, 1.807) is 10.7 Å². The van der Waals surface area contributed by atoms with E-state index in [-0.39, 0.29) is 11.7 Å². The molecule has 1 aliphatic heterocycles. The van der Waals surface area contributed by atoms with Crippen molar-refractivity contribution in [3.63, 3.8) is 0 Å². The maximum atomic E-state index is 12.9. The topological polar surface area (TPSA) is 80.3 Å². The lowest BCUT2D eigenvalue weighted by molar-refractivity contribution is 0.0704. The number of nitrogens with zero attached hydrogens (tertiary/aromatic N) is 6. The van der Waals surface area contributed by atoms with Gasteiger partial charge in [-0.25, -0.2) is 4.98 Å². The van der Waals surface area contributed by atoms with Crippen LogP contribution >= 0.6 is 0 Å². The third-order valence-corrected chi connectivity index (χ3v) is 5.81. The third-order valence-electron chi connectivity index (χ3n) is 5.81. The minimum Gasteiger partial charge on any atom is -0.353 e. The largest absolute Gasteiger partial charge is 0.353 e. The number of anilines is 1. The Kier molecular flexibility index (Phi) is 4.69. The Hall–Kier alpha value is -3.68. The number of aryl methyl sites for hydroxylation is 3. The maximum Gasteiger partial charge on any atom is 0.292 e. The highest BCUT2D eigenvalue weighted by atomic mass is 16.5. The summed E-state index contributed by atoms with van der Waals surface area (Å²) in [5.74, 6) is 1.08. The monoisotopic (exact) mass is 416 g/mol. The normalized spacial score (nSPS) is 14.4. The molecule has 0 spiro atoms. The summed E-state index contributed by atoms with van der Waals surface area (Å²) in [4.78, 5) is 21.8. The highest BCUT2D eigenvalue weighted by molar-refractivity contribution is 5.92. The Labute approximate surface area is 180 Å². The Morgan fingerprint density at radius 1 is 1.06 bits per heavy atom. The number of rotatable bonds is 3. The van der Waals surface area contributed by atoms with E-state index in [0.29, 0.717) is 18.8 Å². The molecule has 0 bridgehead atoms. The van der Waals surface area contributed by atoms with Gasteiger partial charge in [-0.2, -0.15) is 5.10 Å². The van der Waals surface area contributed by atoms with Crippen LogP contribution in [0.15, 0.2) is 47.1 Å². The first kappa shape index (κ1) is 19.3. The van der Waals surface area contributed by atoms with Gasteiger partial charge in [-0.3, -0.25) is 9.48 Å². The van der Waals surface area contributed by atoms with Gasteiger partial charge in [0.05, 0.1) is 11.2 Å². The molecule has 4 heterocycles. The molecule has 1 aliphatic rings. The van der Waals surface area contributed by atoms with Crippen LogP contribution in [-0.4, -0.2) is 56.9 Å². The van der Waals surface area contributed by atoms with Gasteiger partial charge >= 0.3 is 0 Å². The number of carbonyl (C=O) groups is 1. The molecule has 8 heteroatoms. The second kappa shape index (κ2) is 7.54. The average Bonchev–Trinajstić information content (AvgIpc) is 3.39. The van der Waals surface area contributed by atoms with E-state index in [1.165, 1.54) is 10.9 Å². The first-order valence-electron chi connectivity index (χ1n) is 10.4. The van der Waals surface area contributed by atoms with Crippen LogP contribution in [0.1, 0.15) is 21.8 Å². The van der Waals surface area contributed by atoms with Crippen LogP contribution in [0.4, 0.5) is 5.82 Å². The zero-order chi connectivity index (χ0) is 21.5. The summed E-state index contributed by atoms with van der Waals surface area (Å²) in [5, 5.41) is 9.57. The number of fused-ring (bicyclic) bond motifs is 1. The predicted molar refractivity (Wildman–Crippen MR) is 118 cm³/mol. The summed E-state index contributed by atoms with van der Waals surface area (Å²) < 4.78 is 7.09. The zero-order valence-corrected chi connectivity index (χ0v) is 17.9. The van der Waals surface area contributed by atoms with E-state index in [0.717, 1.165) is 35.7 Å². The lowest BCUT2D eigenvalue weighted by Gasteiger charge is -2.35. The number of amides is 1. The van der Waals surface area contributed by atoms with Gasteiger partial charge in [0.15, 0.2) is 0 Å². The summed E-state index contributed by atoms with van der Waals surface area (Å²) in [6.45, 7) is 6.67. The van der Waals surface area contributed by atoms with Crippen LogP contribution in [0, 0.1) is 13.8 Å². The maximum absolute atomic E-state index is 12.9. The number of para-hydroxylation sites is 1. The fourth-order valence-corrected chi connectivity index (χ4v) is 4.14. The Balaban J connectivity index is 1.29. The number of carbonyl (C=O) groups excluding carboxylic acids is 1. The predicted octanol–water partition coefficient (Wildman–Crippen LogP) is 3.20. The number of pyridine rings is 1. The standard InChI is InChI=1S/C23H24N6O2/c1-15-12-22(24-19-7-5-4-6-17(15)19)28-8-10-29(11-9-28)23(30)21-13-20(26-31-21)18-14-27(3)25-16(18)2/h4-7,12-14H,8-11H2,1-3H3. The molecule has 1 aromatic carbocycles. The molecule has 8 nitrogen and oxygen atoms in total. The summed E-state index contributed by atoms with van der Waals surface area (Å²) in [7, 11) is 1.86. The zero-order valence-electron chi connectivity index (χ0n) is 17.9. The van der Waals surface area contributed by atoms with E-state index in [2.05, 4.69) is 34.2 Å². The smallest absolute Gasteiger partial charge is 0.292 e. The average molecular weight is 416 g/mol. The minimum atomic E-state index is -0.136. The van der Waals surface area contributed by atoms with E-state index in [4.69, 9.17) is 9.51 Å². The fourth-order valence-electron chi connectivity index (χ4n) is 4.14. The van der Waals surface area contributed by atoms with E-state index in [1.807, 2.05) is 43.3 Å². The molecule has 1 saturated heterocycles. The Bertz CT molecular complexity index is 1270. The van der Waals surface area contributed by atoms with Gasteiger partial charge in [0.25, 0.3) is 5.91 Å². The SMILES string of the molecule is Cc1nn(C)cc1-c1cc(C(=O)N2CCN(c3cc(C)c4ccccc4n3)CC2)on1. The van der Waals surface area contributed by atoms with Gasteiger partial charge < -0.3 is 14.3 Å². The summed E-state index contributed by atoms with van der Waals surface area (Å²) in [6.07, 6.45) is 1.87. The van der Waals surface area contributed by atoms with Crippen molar-refractivity contribution in [2.75, 3.05) is 31.1 Å². The van der Waals surface area contributed by atoms with Crippen molar-refractivity contribution in [1.29, 1.82) is 0 Å². The molecule has 3 aromatic heterocycles. The molecule has 1 amide bonds. The second-order valence-electron chi connectivity index (χ2n) is 7.97. The first-order valence-corrected chi connectivity index (χ1v) is 10.4. The van der Waals surface area contributed by atoms with Gasteiger partial charge in [0.2, 0.25) is 5.76 Å². The van der Waals surface area contributed by atoms with Crippen LogP contribution in [0.2, 0.25) is 0 Å². The van der Waals surface area contributed by atoms with Gasteiger partial charge in [0, 0.05) is 56.4 Å². The highest BCUT2D eigenvalue weighted by Crippen LogP contribution is 2.25. The van der Waals surface area contributed by atoms with Crippen molar-refractivity contribution in [1.82, 2.24) is 24.8 Å². The molecule has 0 radical (unpaired) electrons. The second-order valence-corrected chi connectivity index (χ2v) is 7.97. The van der Waals surface area contributed by atoms with Gasteiger partial charge in [0.1, 0.15) is 11.5 Å². The number of hydrogen-bond donors (Lipinski definition) is 0. The van der Waals surface area contributed by atoms with E-state index in [9.17, 15) is 4.79 Å². The van der Waals surface area contributed by atoms with Crippen LogP contribution in [0.5, 0.6) is 0 Å². The van der Waals surface area contributed by atoms with Crippen LogP contribution < -0.4 is 4.90 Å². The molecule has 0 saturated carbocycles. The fraction of sp³-hybridized carbons (Fsp3) is 0.304. The molecule has 5 rings (SSSR count). The van der Waals surface area contributed by atoms with Crippen LogP contribution in [-0.2, 0) is 7.05 Å². The third kappa shape index (κ3) is 3.54. The molecule has 158 valence electrons. The molecular weight excluding hydrogens is 392 g/mol. The molecular formula is C23H24N6O2. The van der Waals surface area contributed by atoms with Crippen LogP contribution in [0.25, 0.3) is 22.2 Å². The highest BCUT2D eigenvalue weighted by Gasteiger charge is 2.26. The summed E-state index contributed by atoms with van der Waals surface area (Å²) in [5.41, 5.74) is 4.55. The lowest BCUT2D eigenvalue weighted by Crippen LogP contribution is -2.49. The van der Waals surface area contributed by atoms with Crippen LogP contribution in [0.3, 0.4) is 0 Å². The van der Waals surface area contributed by atoms with E-state index >= 15 is 0 Å². The molecule has 4 aromatic rings. The van der Waals surface area contributed by atoms with Crippen molar-refractivity contribution in [2.24, 2.45) is 7.05 Å². The number of benzene rings is 1. The lowest BCUT2D eigenvalue weighted by atomic mass is 10.1. The molecule has 0 aliphatic carbocycles. The summed E-state index contributed by atoms with van der Waals surface area (Å²) >= 11 is 0. The van der Waals surface area contributed by atoms with Gasteiger partial charge in [-0.05, 0) is 31.5 Å².